The fraction of sp³-hybridized carbons (Fsp3) is 0. The van der Waals surface area contributed by atoms with Gasteiger partial charge in [-0.25, -0.2) is 0 Å². The first-order chi connectivity index (χ1) is 24.2. The molecule has 1 heteroatoms. The van der Waals surface area contributed by atoms with Crippen molar-refractivity contribution >= 4 is 49.3 Å². The Kier molecular flexibility index (Phi) is 7.03. The van der Waals surface area contributed by atoms with Gasteiger partial charge in [0, 0.05) is 17.5 Å². The van der Waals surface area contributed by atoms with Gasteiger partial charge in [-0.15, -0.1) is 0 Å². The first kappa shape index (κ1) is 28.8. The quantitative estimate of drug-likeness (QED) is 0.176. The molecule has 0 unspecified atom stereocenters. The SMILES string of the molecule is C=C1/C=C\C=C/N(c2cc(-c3ccccc3)cc(-c3ccccc3)c2)c2cccc(-c3ccc4c5ccccc5c5ccccc5c4c3)c21. The molecule has 0 aliphatic carbocycles. The number of anilines is 2. The number of benzene rings is 8. The Morgan fingerprint density at radius 1 is 0.388 bits per heavy atom. The fourth-order valence-corrected chi connectivity index (χ4v) is 7.44. The van der Waals surface area contributed by atoms with Crippen LogP contribution >= 0.6 is 0 Å². The normalized spacial score (nSPS) is 14.0. The lowest BCUT2D eigenvalue weighted by molar-refractivity contribution is 1.27. The second-order valence-corrected chi connectivity index (χ2v) is 12.6. The van der Waals surface area contributed by atoms with Crippen LogP contribution in [0.5, 0.6) is 0 Å². The lowest BCUT2D eigenvalue weighted by atomic mass is 9.88. The summed E-state index contributed by atoms with van der Waals surface area (Å²) < 4.78 is 0. The summed E-state index contributed by atoms with van der Waals surface area (Å²) in [7, 11) is 0. The third kappa shape index (κ3) is 5.04. The van der Waals surface area contributed by atoms with Crippen molar-refractivity contribution in [3.63, 3.8) is 0 Å². The Morgan fingerprint density at radius 2 is 0.939 bits per heavy atom. The van der Waals surface area contributed by atoms with E-state index in [-0.39, 0.29) is 0 Å². The molecule has 8 aromatic carbocycles. The van der Waals surface area contributed by atoms with E-state index in [9.17, 15) is 0 Å². The fourth-order valence-electron chi connectivity index (χ4n) is 7.44. The summed E-state index contributed by atoms with van der Waals surface area (Å²) in [5, 5.41) is 7.65. The van der Waals surface area contributed by atoms with Crippen LogP contribution in [-0.2, 0) is 0 Å². The van der Waals surface area contributed by atoms with E-state index in [0.29, 0.717) is 0 Å². The molecule has 0 atom stereocenters. The minimum absolute atomic E-state index is 0.978. The Bertz CT molecular complexity index is 2510. The second-order valence-electron chi connectivity index (χ2n) is 12.6. The van der Waals surface area contributed by atoms with E-state index < -0.39 is 0 Å². The summed E-state index contributed by atoms with van der Waals surface area (Å²) in [4.78, 5) is 2.32. The van der Waals surface area contributed by atoms with Gasteiger partial charge in [0.05, 0.1) is 5.69 Å². The van der Waals surface area contributed by atoms with Crippen molar-refractivity contribution in [3.8, 4) is 33.4 Å². The highest BCUT2D eigenvalue weighted by molar-refractivity contribution is 6.25. The first-order valence-corrected chi connectivity index (χ1v) is 16.8. The van der Waals surface area contributed by atoms with Crippen LogP contribution in [0.25, 0.3) is 71.3 Å². The van der Waals surface area contributed by atoms with Gasteiger partial charge in [0.15, 0.2) is 0 Å². The number of hydrogen-bond acceptors (Lipinski definition) is 1. The summed E-state index contributed by atoms with van der Waals surface area (Å²) in [5.74, 6) is 0. The summed E-state index contributed by atoms with van der Waals surface area (Å²) in [6.45, 7) is 4.61. The maximum atomic E-state index is 4.61. The Morgan fingerprint density at radius 3 is 1.55 bits per heavy atom. The standard InChI is InChI=1S/C48H33N/c1-33-15-12-13-28-49(39-30-37(34-16-4-2-5-17-34)29-38(31-39)35-18-6-3-7-19-35)47-25-14-24-40(48(33)47)36-26-27-45-43-22-9-8-20-41(43)42-21-10-11-23-44(42)46(45)32-36/h2-32H,1H2/b15-12-,28-13-. The van der Waals surface area contributed by atoms with Gasteiger partial charge in [-0.05, 0) is 108 Å². The molecule has 1 heterocycles. The molecule has 0 radical (unpaired) electrons. The molecule has 0 amide bonds. The Hall–Kier alpha value is -6.44. The van der Waals surface area contributed by atoms with Gasteiger partial charge in [-0.3, -0.25) is 0 Å². The van der Waals surface area contributed by atoms with E-state index >= 15 is 0 Å². The van der Waals surface area contributed by atoms with Crippen molar-refractivity contribution < 1.29 is 0 Å². The molecule has 1 nitrogen and oxygen atoms in total. The predicted octanol–water partition coefficient (Wildman–Crippen LogP) is 13.4. The number of nitrogens with zero attached hydrogens (tertiary/aromatic N) is 1. The smallest absolute Gasteiger partial charge is 0.0539 e. The van der Waals surface area contributed by atoms with Gasteiger partial charge in [0.1, 0.15) is 0 Å². The largest absolute Gasteiger partial charge is 0.316 e. The maximum absolute atomic E-state index is 4.61. The molecular weight excluding hydrogens is 591 g/mol. The molecule has 230 valence electrons. The average Bonchev–Trinajstić information content (AvgIpc) is 3.17. The lowest BCUT2D eigenvalue weighted by Gasteiger charge is -2.28. The maximum Gasteiger partial charge on any atom is 0.0539 e. The molecule has 1 aliphatic rings. The summed E-state index contributed by atoms with van der Waals surface area (Å²) in [6, 6.07) is 59.3. The lowest BCUT2D eigenvalue weighted by Crippen LogP contribution is -2.12. The number of fused-ring (bicyclic) bond motifs is 7. The molecule has 0 aromatic heterocycles. The van der Waals surface area contributed by atoms with Crippen LogP contribution < -0.4 is 4.90 Å². The summed E-state index contributed by atoms with van der Waals surface area (Å²) in [6.07, 6.45) is 8.49. The molecule has 1 aliphatic heterocycles. The van der Waals surface area contributed by atoms with Crippen LogP contribution in [0.4, 0.5) is 11.4 Å². The third-order valence-corrected chi connectivity index (χ3v) is 9.73. The molecular formula is C48H33N. The van der Waals surface area contributed by atoms with Gasteiger partial charge in [0.2, 0.25) is 0 Å². The van der Waals surface area contributed by atoms with Gasteiger partial charge in [-0.1, -0.05) is 152 Å². The van der Waals surface area contributed by atoms with Crippen molar-refractivity contribution in [1.29, 1.82) is 0 Å². The number of allylic oxidation sites excluding steroid dienone is 4. The van der Waals surface area contributed by atoms with Crippen LogP contribution in [0.15, 0.2) is 195 Å². The molecule has 0 fully saturated rings. The van der Waals surface area contributed by atoms with Crippen molar-refractivity contribution in [2.75, 3.05) is 4.90 Å². The molecule has 0 saturated heterocycles. The molecule has 49 heavy (non-hydrogen) atoms. The highest BCUT2D eigenvalue weighted by Gasteiger charge is 2.20. The molecule has 0 N–H and O–H groups in total. The van der Waals surface area contributed by atoms with Gasteiger partial charge >= 0.3 is 0 Å². The molecule has 0 spiro atoms. The molecule has 0 bridgehead atoms. The molecule has 0 saturated carbocycles. The van der Waals surface area contributed by atoms with Crippen molar-refractivity contribution in [2.24, 2.45) is 0 Å². The minimum atomic E-state index is 0.978. The van der Waals surface area contributed by atoms with E-state index in [2.05, 4.69) is 200 Å². The zero-order valence-corrected chi connectivity index (χ0v) is 27.1. The highest BCUT2D eigenvalue weighted by Crippen LogP contribution is 2.44. The first-order valence-electron chi connectivity index (χ1n) is 16.8. The van der Waals surface area contributed by atoms with E-state index in [0.717, 1.165) is 28.1 Å². The third-order valence-electron chi connectivity index (χ3n) is 9.73. The van der Waals surface area contributed by atoms with E-state index in [1.54, 1.807) is 0 Å². The van der Waals surface area contributed by atoms with Crippen LogP contribution in [0.1, 0.15) is 5.56 Å². The topological polar surface area (TPSA) is 3.24 Å². The van der Waals surface area contributed by atoms with E-state index in [4.69, 9.17) is 0 Å². The zero-order chi connectivity index (χ0) is 32.7. The Labute approximate surface area is 287 Å². The van der Waals surface area contributed by atoms with Gasteiger partial charge < -0.3 is 4.90 Å². The van der Waals surface area contributed by atoms with Gasteiger partial charge in [0.25, 0.3) is 0 Å². The average molecular weight is 624 g/mol. The van der Waals surface area contributed by atoms with E-state index in [1.807, 2.05) is 0 Å². The summed E-state index contributed by atoms with van der Waals surface area (Å²) in [5.41, 5.74) is 11.3. The van der Waals surface area contributed by atoms with Crippen LogP contribution in [-0.4, -0.2) is 0 Å². The Balaban J connectivity index is 1.26. The van der Waals surface area contributed by atoms with Crippen LogP contribution in [0.3, 0.4) is 0 Å². The monoisotopic (exact) mass is 623 g/mol. The second kappa shape index (κ2) is 12.0. The van der Waals surface area contributed by atoms with Crippen molar-refractivity contribution in [2.45, 2.75) is 0 Å². The number of rotatable bonds is 4. The van der Waals surface area contributed by atoms with Crippen molar-refractivity contribution in [1.82, 2.24) is 0 Å². The summed E-state index contributed by atoms with van der Waals surface area (Å²) >= 11 is 0. The molecule has 9 rings (SSSR count). The van der Waals surface area contributed by atoms with Crippen LogP contribution in [0.2, 0.25) is 0 Å². The zero-order valence-electron chi connectivity index (χ0n) is 27.1. The van der Waals surface area contributed by atoms with Crippen molar-refractivity contribution in [3.05, 3.63) is 200 Å². The van der Waals surface area contributed by atoms with E-state index in [1.165, 1.54) is 60.1 Å². The van der Waals surface area contributed by atoms with Crippen LogP contribution in [0, 0.1) is 0 Å². The number of hydrogen-bond donors (Lipinski definition) is 0. The van der Waals surface area contributed by atoms with Gasteiger partial charge in [-0.2, -0.15) is 0 Å². The predicted molar refractivity (Wildman–Crippen MR) is 211 cm³/mol. The highest BCUT2D eigenvalue weighted by atomic mass is 15.1. The minimum Gasteiger partial charge on any atom is -0.316 e. The molecule has 8 aromatic rings.